The molecule has 0 bridgehead atoms. The molecule has 2 radical (unpaired) electrons. The van der Waals surface area contributed by atoms with E-state index in [1.807, 2.05) is 0 Å². The van der Waals surface area contributed by atoms with Crippen LogP contribution in [0.25, 0.3) is 0 Å². The molecule has 0 fully saturated rings. The zero-order chi connectivity index (χ0) is 4.50. The maximum absolute atomic E-state index is 9.25. The monoisotopic (exact) mass is 258 g/mol. The predicted octanol–water partition coefficient (Wildman–Crippen LogP) is -1.31. The van der Waals surface area contributed by atoms with Crippen molar-refractivity contribution in [1.82, 2.24) is 0 Å². The van der Waals surface area contributed by atoms with Gasteiger partial charge in [-0.05, 0) is 0 Å². The van der Waals surface area contributed by atoms with Gasteiger partial charge in [0.05, 0.1) is 0 Å². The predicted molar refractivity (Wildman–Crippen MR) is 18.7 cm³/mol. The molecule has 0 saturated heterocycles. The molecule has 0 unspecified atom stereocenters. The van der Waals surface area contributed by atoms with Crippen LogP contribution in [-0.4, -0.2) is 34.1 Å². The van der Waals surface area contributed by atoms with Crippen LogP contribution in [0, 0.1) is 0 Å². The summed E-state index contributed by atoms with van der Waals surface area (Å²) in [6, 6.07) is 0. The Bertz CT molecular complexity index is 94.0. The SMILES string of the molecule is O=[S](=O)(O)[SnH].[Fe]. The number of rotatable bonds is 0. The van der Waals surface area contributed by atoms with Crippen molar-refractivity contribution in [2.45, 2.75) is 0 Å². The Morgan fingerprint density at radius 1 is 1.50 bits per heavy atom. The van der Waals surface area contributed by atoms with Crippen LogP contribution in [0.15, 0.2) is 0 Å². The second kappa shape index (κ2) is 3.26. The Hall–Kier alpha value is 1.23. The normalized spacial score (nSPS) is 9.67. The van der Waals surface area contributed by atoms with E-state index < -0.39 is 7.30 Å². The van der Waals surface area contributed by atoms with Crippen LogP contribution < -0.4 is 0 Å². The van der Waals surface area contributed by atoms with E-state index in [0.717, 1.165) is 0 Å². The van der Waals surface area contributed by atoms with E-state index in [1.165, 1.54) is 0 Å². The van der Waals surface area contributed by atoms with Crippen LogP contribution in [0.2, 0.25) is 0 Å². The molecule has 1 N–H and O–H groups in total. The maximum Gasteiger partial charge on any atom is 0 e. The van der Waals surface area contributed by atoms with Gasteiger partial charge in [0.2, 0.25) is 0 Å². The average Bonchev–Trinajstić information content (AvgIpc) is 0.722. The van der Waals surface area contributed by atoms with Gasteiger partial charge in [-0.15, -0.1) is 0 Å². The number of hydrogen-bond acceptors (Lipinski definition) is 2. The van der Waals surface area contributed by atoms with Gasteiger partial charge in [-0.3, -0.25) is 0 Å². The maximum atomic E-state index is 9.25. The molecule has 0 spiro atoms. The third kappa shape index (κ3) is 62.0. The van der Waals surface area contributed by atoms with Gasteiger partial charge in [-0.25, -0.2) is 0 Å². The van der Waals surface area contributed by atoms with Gasteiger partial charge in [-0.2, -0.15) is 0 Å². The van der Waals surface area contributed by atoms with Crippen molar-refractivity contribution in [3.05, 3.63) is 0 Å². The fourth-order valence-electron chi connectivity index (χ4n) is 0. The summed E-state index contributed by atoms with van der Waals surface area (Å²) in [7, 11) is -3.54. The summed E-state index contributed by atoms with van der Waals surface area (Å²) in [5, 5.41) is 0. The third-order valence-electron chi connectivity index (χ3n) is 0. The molecule has 0 heterocycles. The van der Waals surface area contributed by atoms with E-state index in [9.17, 15) is 8.42 Å². The molecular weight excluding hydrogens is 255 g/mol. The zero-order valence-electron chi connectivity index (χ0n) is 2.60. The Morgan fingerprint density at radius 3 is 1.50 bits per heavy atom. The molecule has 0 amide bonds. The van der Waals surface area contributed by atoms with E-state index in [0.29, 0.717) is 0 Å². The molecule has 0 aliphatic carbocycles. The van der Waals surface area contributed by atoms with Crippen LogP contribution in [-0.2, 0) is 24.4 Å². The van der Waals surface area contributed by atoms with Gasteiger partial charge in [0.1, 0.15) is 0 Å². The van der Waals surface area contributed by atoms with Crippen LogP contribution in [0.5, 0.6) is 0 Å². The van der Waals surface area contributed by atoms with Gasteiger partial charge in [0.25, 0.3) is 0 Å². The van der Waals surface area contributed by atoms with E-state index in [4.69, 9.17) is 4.55 Å². The van der Waals surface area contributed by atoms with Crippen molar-refractivity contribution in [2.24, 2.45) is 0 Å². The Balaban J connectivity index is 0. The smallest absolute Gasteiger partial charge is 0 e. The van der Waals surface area contributed by atoms with Crippen molar-refractivity contribution in [2.75, 3.05) is 0 Å². The van der Waals surface area contributed by atoms with E-state index >= 15 is 0 Å². The molecule has 6 heteroatoms. The Labute approximate surface area is 58.3 Å². The molecule has 0 aliphatic heterocycles. The molecule has 0 rings (SSSR count). The first-order valence-electron chi connectivity index (χ1n) is 0.752. The van der Waals surface area contributed by atoms with Gasteiger partial charge in [-0.1, -0.05) is 0 Å². The molecular formula is H2FeO3SSn. The minimum atomic E-state index is -3.54. The molecule has 3 nitrogen and oxygen atoms in total. The summed E-state index contributed by atoms with van der Waals surface area (Å²) < 4.78 is 26.0. The molecule has 0 aliphatic rings. The largest absolute Gasteiger partial charge is 0 e. The first kappa shape index (κ1) is 10.3. The molecule has 0 aromatic rings. The Kier molecular flexibility index (Phi) is 5.57. The second-order valence-electron chi connectivity index (χ2n) is 0.515. The summed E-state index contributed by atoms with van der Waals surface area (Å²) in [6.45, 7) is 0. The summed E-state index contributed by atoms with van der Waals surface area (Å²) in [4.78, 5) is 0. The first-order valence-corrected chi connectivity index (χ1v) is 6.29. The number of hydrogen-bond donors (Lipinski definition) is 1. The van der Waals surface area contributed by atoms with Crippen LogP contribution >= 0.6 is 0 Å². The van der Waals surface area contributed by atoms with Crippen LogP contribution in [0.3, 0.4) is 0 Å². The van der Waals surface area contributed by atoms with E-state index in [2.05, 4.69) is 0 Å². The van der Waals surface area contributed by atoms with Crippen molar-refractivity contribution in [3.8, 4) is 0 Å². The fraction of sp³-hybridized carbons (Fsp3) is 0. The molecule has 38 valence electrons. The minimum absolute atomic E-state index is 0. The van der Waals surface area contributed by atoms with Crippen molar-refractivity contribution in [3.63, 3.8) is 0 Å². The van der Waals surface area contributed by atoms with Crippen LogP contribution in [0.1, 0.15) is 0 Å². The standard InChI is InChI=1S/Fe.HO3S.Sn.H/c;1-4(2)3;;/h;(H,1,2,3);;. The topological polar surface area (TPSA) is 54.4 Å². The van der Waals surface area contributed by atoms with Gasteiger partial charge in [0, 0.05) is 17.1 Å². The minimum Gasteiger partial charge on any atom is 0 e. The summed E-state index contributed by atoms with van der Waals surface area (Å²) >= 11 is -0.108. The van der Waals surface area contributed by atoms with Crippen molar-refractivity contribution < 1.29 is 30.0 Å². The quantitative estimate of drug-likeness (QED) is 0.432. The zero-order valence-corrected chi connectivity index (χ0v) is 7.82. The van der Waals surface area contributed by atoms with Gasteiger partial charge < -0.3 is 0 Å². The molecule has 0 aromatic heterocycles. The average molecular weight is 257 g/mol. The molecule has 0 atom stereocenters. The van der Waals surface area contributed by atoms with Gasteiger partial charge >= 0.3 is 41.4 Å². The first-order chi connectivity index (χ1) is 2.00. The van der Waals surface area contributed by atoms with Crippen molar-refractivity contribution >= 4 is 28.4 Å². The van der Waals surface area contributed by atoms with E-state index in [-0.39, 0.29) is 38.2 Å². The van der Waals surface area contributed by atoms with Crippen molar-refractivity contribution in [1.29, 1.82) is 0 Å². The third-order valence-corrected chi connectivity index (χ3v) is 0. The second-order valence-corrected chi connectivity index (χ2v) is 6.65. The van der Waals surface area contributed by atoms with Gasteiger partial charge in [0.15, 0.2) is 0 Å². The summed E-state index contributed by atoms with van der Waals surface area (Å²) in [5.41, 5.74) is 0. The van der Waals surface area contributed by atoms with E-state index in [1.54, 1.807) is 0 Å². The molecule has 0 aromatic carbocycles. The molecule has 0 saturated carbocycles. The fourth-order valence-corrected chi connectivity index (χ4v) is 0. The summed E-state index contributed by atoms with van der Waals surface area (Å²) in [6.07, 6.45) is 0. The summed E-state index contributed by atoms with van der Waals surface area (Å²) in [5.74, 6) is 0. The Morgan fingerprint density at radius 2 is 1.50 bits per heavy atom. The molecule has 6 heavy (non-hydrogen) atoms. The van der Waals surface area contributed by atoms with Crippen LogP contribution in [0.4, 0.5) is 0 Å².